The lowest BCUT2D eigenvalue weighted by atomic mass is 10.1. The van der Waals surface area contributed by atoms with Gasteiger partial charge >= 0.3 is 0 Å². The summed E-state index contributed by atoms with van der Waals surface area (Å²) in [6.07, 6.45) is 6.07. The van der Waals surface area contributed by atoms with Crippen molar-refractivity contribution in [2.24, 2.45) is 0 Å². The Morgan fingerprint density at radius 2 is 1.57 bits per heavy atom. The number of anilines is 1. The first-order valence-electron chi connectivity index (χ1n) is 8.57. The van der Waals surface area contributed by atoms with Crippen molar-refractivity contribution in [1.29, 1.82) is 0 Å². The van der Waals surface area contributed by atoms with E-state index in [1.54, 1.807) is 48.8 Å². The highest BCUT2D eigenvalue weighted by Crippen LogP contribution is 2.13. The van der Waals surface area contributed by atoms with Crippen molar-refractivity contribution in [3.8, 4) is 0 Å². The zero-order valence-corrected chi connectivity index (χ0v) is 15.2. The summed E-state index contributed by atoms with van der Waals surface area (Å²) in [6, 6.07) is 11.7. The van der Waals surface area contributed by atoms with Gasteiger partial charge in [0.15, 0.2) is 5.78 Å². The fourth-order valence-electron chi connectivity index (χ4n) is 2.49. The van der Waals surface area contributed by atoms with Gasteiger partial charge in [0.25, 0.3) is 11.8 Å². The van der Waals surface area contributed by atoms with Crippen LogP contribution in [0.4, 0.5) is 5.69 Å². The first kappa shape index (κ1) is 18.9. The van der Waals surface area contributed by atoms with Gasteiger partial charge in [-0.05, 0) is 42.8 Å². The molecular weight excluding hydrogens is 356 g/mol. The molecular formula is C21H18N4O3. The topological polar surface area (TPSA) is 101 Å². The fourth-order valence-corrected chi connectivity index (χ4v) is 2.49. The average Bonchev–Trinajstić information content (AvgIpc) is 2.73. The third kappa shape index (κ3) is 4.85. The third-order valence-corrected chi connectivity index (χ3v) is 3.99. The van der Waals surface area contributed by atoms with Crippen LogP contribution in [0.1, 0.15) is 43.6 Å². The number of hydrogen-bond acceptors (Lipinski definition) is 5. The van der Waals surface area contributed by atoms with Crippen LogP contribution in [0, 0.1) is 0 Å². The summed E-state index contributed by atoms with van der Waals surface area (Å²) in [4.78, 5) is 44.2. The molecule has 0 aliphatic carbocycles. The lowest BCUT2D eigenvalue weighted by Gasteiger charge is -2.08. The van der Waals surface area contributed by atoms with Gasteiger partial charge in [-0.15, -0.1) is 0 Å². The van der Waals surface area contributed by atoms with Crippen molar-refractivity contribution in [1.82, 2.24) is 15.3 Å². The van der Waals surface area contributed by atoms with Crippen LogP contribution in [0.2, 0.25) is 0 Å². The second-order valence-electron chi connectivity index (χ2n) is 6.09. The summed E-state index contributed by atoms with van der Waals surface area (Å²) in [5.41, 5.74) is 2.42. The van der Waals surface area contributed by atoms with Crippen molar-refractivity contribution in [2.45, 2.75) is 13.5 Å². The molecule has 0 atom stereocenters. The molecule has 140 valence electrons. The lowest BCUT2D eigenvalue weighted by molar-refractivity contribution is 0.0949. The number of Topliss-reactive ketones (excluding diaryl/α,β-unsaturated/α-hetero) is 1. The number of amides is 2. The van der Waals surface area contributed by atoms with E-state index in [9.17, 15) is 14.4 Å². The highest BCUT2D eigenvalue weighted by Gasteiger charge is 2.12. The molecule has 2 amide bonds. The van der Waals surface area contributed by atoms with Crippen LogP contribution in [0.25, 0.3) is 0 Å². The molecule has 7 nitrogen and oxygen atoms in total. The molecule has 2 aromatic heterocycles. The van der Waals surface area contributed by atoms with Crippen molar-refractivity contribution in [2.75, 3.05) is 5.32 Å². The van der Waals surface area contributed by atoms with Crippen molar-refractivity contribution < 1.29 is 14.4 Å². The molecule has 0 saturated carbocycles. The molecule has 0 radical (unpaired) electrons. The van der Waals surface area contributed by atoms with Gasteiger partial charge in [-0.25, -0.2) is 0 Å². The molecule has 0 saturated heterocycles. The smallest absolute Gasteiger partial charge is 0.257 e. The minimum absolute atomic E-state index is 0.0920. The van der Waals surface area contributed by atoms with E-state index in [0.717, 1.165) is 5.56 Å². The first-order valence-corrected chi connectivity index (χ1v) is 8.57. The van der Waals surface area contributed by atoms with Gasteiger partial charge in [-0.3, -0.25) is 24.4 Å². The summed E-state index contributed by atoms with van der Waals surface area (Å²) in [5.74, 6) is -0.847. The van der Waals surface area contributed by atoms with Gasteiger partial charge in [0.05, 0.1) is 11.1 Å². The third-order valence-electron chi connectivity index (χ3n) is 3.99. The van der Waals surface area contributed by atoms with Crippen molar-refractivity contribution in [3.05, 3.63) is 89.5 Å². The zero-order chi connectivity index (χ0) is 19.9. The van der Waals surface area contributed by atoms with E-state index in [0.29, 0.717) is 17.8 Å². The summed E-state index contributed by atoms with van der Waals surface area (Å²) in [5, 5.41) is 5.48. The van der Waals surface area contributed by atoms with Crippen LogP contribution in [0.15, 0.2) is 67.3 Å². The number of ketones is 1. The van der Waals surface area contributed by atoms with Crippen LogP contribution >= 0.6 is 0 Å². The zero-order valence-electron chi connectivity index (χ0n) is 15.2. The van der Waals surface area contributed by atoms with E-state index in [1.807, 2.05) is 0 Å². The number of rotatable bonds is 6. The first-order chi connectivity index (χ1) is 13.5. The maximum absolute atomic E-state index is 12.5. The van der Waals surface area contributed by atoms with Crippen LogP contribution in [-0.4, -0.2) is 27.6 Å². The molecule has 3 rings (SSSR count). The Bertz CT molecular complexity index is 1020. The van der Waals surface area contributed by atoms with Crippen LogP contribution < -0.4 is 10.6 Å². The number of carbonyl (C=O) groups excluding carboxylic acids is 3. The number of hydrogen-bond donors (Lipinski definition) is 2. The molecule has 0 aliphatic rings. The van der Waals surface area contributed by atoms with Gasteiger partial charge in [0.1, 0.15) is 0 Å². The SMILES string of the molecule is CC(=O)c1cccc(NC(=O)c2cncc(C(=O)NCc3ccncc3)c2)c1. The van der Waals surface area contributed by atoms with Crippen LogP contribution in [-0.2, 0) is 6.54 Å². The Balaban J connectivity index is 1.68. The molecule has 0 unspecified atom stereocenters. The van der Waals surface area contributed by atoms with Crippen molar-refractivity contribution in [3.63, 3.8) is 0 Å². The molecule has 0 fully saturated rings. The largest absolute Gasteiger partial charge is 0.348 e. The van der Waals surface area contributed by atoms with Gasteiger partial charge in [-0.1, -0.05) is 12.1 Å². The van der Waals surface area contributed by atoms with E-state index >= 15 is 0 Å². The lowest BCUT2D eigenvalue weighted by Crippen LogP contribution is -2.23. The van der Waals surface area contributed by atoms with Gasteiger partial charge in [-0.2, -0.15) is 0 Å². The number of carbonyl (C=O) groups is 3. The molecule has 3 aromatic rings. The Hall–Kier alpha value is -3.87. The van der Waals surface area contributed by atoms with Gasteiger partial charge in [0, 0.05) is 42.6 Å². The number of nitrogens with zero attached hydrogens (tertiary/aromatic N) is 2. The Morgan fingerprint density at radius 1 is 0.857 bits per heavy atom. The summed E-state index contributed by atoms with van der Waals surface area (Å²) < 4.78 is 0. The minimum atomic E-state index is -0.419. The monoisotopic (exact) mass is 374 g/mol. The molecule has 2 heterocycles. The number of aromatic nitrogens is 2. The normalized spacial score (nSPS) is 10.2. The van der Waals surface area contributed by atoms with E-state index < -0.39 is 5.91 Å². The quantitative estimate of drug-likeness (QED) is 0.646. The number of pyridine rings is 2. The van der Waals surface area contributed by atoms with Crippen LogP contribution in [0.5, 0.6) is 0 Å². The molecule has 1 aromatic carbocycles. The van der Waals surface area contributed by atoms with E-state index in [4.69, 9.17) is 0 Å². The second-order valence-corrected chi connectivity index (χ2v) is 6.09. The van der Waals surface area contributed by atoms with Crippen molar-refractivity contribution >= 4 is 23.3 Å². The second kappa shape index (κ2) is 8.68. The highest BCUT2D eigenvalue weighted by atomic mass is 16.2. The Morgan fingerprint density at radius 3 is 2.29 bits per heavy atom. The summed E-state index contributed by atoms with van der Waals surface area (Å²) >= 11 is 0. The number of benzene rings is 1. The predicted octanol–water partition coefficient (Wildman–Crippen LogP) is 2.86. The Kier molecular flexibility index (Phi) is 5.86. The number of nitrogens with one attached hydrogen (secondary N) is 2. The van der Waals surface area contributed by atoms with E-state index in [2.05, 4.69) is 20.6 Å². The maximum atomic E-state index is 12.5. The van der Waals surface area contributed by atoms with E-state index in [-0.39, 0.29) is 22.8 Å². The predicted molar refractivity (Wildman–Crippen MR) is 104 cm³/mol. The standard InChI is InChI=1S/C21H18N4O3/c1-14(26)16-3-2-4-19(10-16)25-21(28)18-9-17(12-23-13-18)20(27)24-11-15-5-7-22-8-6-15/h2-10,12-13H,11H2,1H3,(H,24,27)(H,25,28). The molecule has 0 spiro atoms. The summed E-state index contributed by atoms with van der Waals surface area (Å²) in [7, 11) is 0. The maximum Gasteiger partial charge on any atom is 0.257 e. The van der Waals surface area contributed by atoms with Crippen LogP contribution in [0.3, 0.4) is 0 Å². The minimum Gasteiger partial charge on any atom is -0.348 e. The van der Waals surface area contributed by atoms with Gasteiger partial charge in [0.2, 0.25) is 0 Å². The molecule has 2 N–H and O–H groups in total. The van der Waals surface area contributed by atoms with Gasteiger partial charge < -0.3 is 10.6 Å². The summed E-state index contributed by atoms with van der Waals surface area (Å²) in [6.45, 7) is 1.80. The fraction of sp³-hybridized carbons (Fsp3) is 0.0952. The Labute approximate surface area is 161 Å². The molecule has 28 heavy (non-hydrogen) atoms. The van der Waals surface area contributed by atoms with E-state index in [1.165, 1.54) is 25.4 Å². The molecule has 0 aliphatic heterocycles. The molecule has 7 heteroatoms. The molecule has 0 bridgehead atoms. The highest BCUT2D eigenvalue weighted by molar-refractivity contribution is 6.06. The average molecular weight is 374 g/mol.